The minimum Gasteiger partial charge on any atom is -0.371 e. The van der Waals surface area contributed by atoms with E-state index in [4.69, 9.17) is 9.47 Å². The smallest absolute Gasteiger partial charge is 0.187 e. The SMILES string of the molecule is CCCCCOC1C=CC(=O)C1OCCCCC. The molecule has 1 rings (SSSR count). The van der Waals surface area contributed by atoms with E-state index in [2.05, 4.69) is 13.8 Å². The molecular formula is C15H26O3. The van der Waals surface area contributed by atoms with Crippen molar-refractivity contribution < 1.29 is 14.3 Å². The zero-order chi connectivity index (χ0) is 13.2. The van der Waals surface area contributed by atoms with E-state index in [-0.39, 0.29) is 11.9 Å². The zero-order valence-corrected chi connectivity index (χ0v) is 11.7. The standard InChI is InChI=1S/C15H26O3/c1-3-5-7-11-17-14-10-9-13(16)15(14)18-12-8-6-4-2/h9-10,14-15H,3-8,11-12H2,1-2H3. The zero-order valence-electron chi connectivity index (χ0n) is 11.7. The van der Waals surface area contributed by atoms with E-state index >= 15 is 0 Å². The monoisotopic (exact) mass is 254 g/mol. The largest absolute Gasteiger partial charge is 0.371 e. The number of unbranched alkanes of at least 4 members (excludes halogenated alkanes) is 4. The fourth-order valence-electron chi connectivity index (χ4n) is 2.00. The fourth-order valence-corrected chi connectivity index (χ4v) is 2.00. The molecule has 2 atom stereocenters. The number of hydrogen-bond acceptors (Lipinski definition) is 3. The van der Waals surface area contributed by atoms with Gasteiger partial charge in [-0.1, -0.05) is 39.5 Å². The van der Waals surface area contributed by atoms with Crippen LogP contribution in [0.5, 0.6) is 0 Å². The van der Waals surface area contributed by atoms with E-state index < -0.39 is 6.10 Å². The van der Waals surface area contributed by atoms with E-state index in [0.29, 0.717) is 13.2 Å². The first-order valence-electron chi connectivity index (χ1n) is 7.24. The predicted molar refractivity (Wildman–Crippen MR) is 72.7 cm³/mol. The van der Waals surface area contributed by atoms with Crippen molar-refractivity contribution >= 4 is 5.78 Å². The van der Waals surface area contributed by atoms with Gasteiger partial charge in [-0.25, -0.2) is 0 Å². The average Bonchev–Trinajstić information content (AvgIpc) is 2.72. The molecule has 0 saturated heterocycles. The van der Waals surface area contributed by atoms with Gasteiger partial charge in [-0.15, -0.1) is 0 Å². The molecule has 3 nitrogen and oxygen atoms in total. The van der Waals surface area contributed by atoms with Gasteiger partial charge in [0.25, 0.3) is 0 Å². The molecule has 0 spiro atoms. The van der Waals surface area contributed by atoms with Gasteiger partial charge in [0.2, 0.25) is 0 Å². The number of ketones is 1. The van der Waals surface area contributed by atoms with Crippen LogP contribution in [-0.4, -0.2) is 31.2 Å². The summed E-state index contributed by atoms with van der Waals surface area (Å²) in [5, 5.41) is 0. The summed E-state index contributed by atoms with van der Waals surface area (Å²) in [7, 11) is 0. The molecule has 0 heterocycles. The molecule has 0 saturated carbocycles. The van der Waals surface area contributed by atoms with Crippen LogP contribution in [0.25, 0.3) is 0 Å². The third-order valence-electron chi connectivity index (χ3n) is 3.13. The van der Waals surface area contributed by atoms with Crippen molar-refractivity contribution in [1.82, 2.24) is 0 Å². The first-order valence-corrected chi connectivity index (χ1v) is 7.24. The summed E-state index contributed by atoms with van der Waals surface area (Å²) < 4.78 is 11.4. The van der Waals surface area contributed by atoms with Gasteiger partial charge in [0.1, 0.15) is 12.2 Å². The van der Waals surface area contributed by atoms with Crippen LogP contribution in [0.15, 0.2) is 12.2 Å². The van der Waals surface area contributed by atoms with Gasteiger partial charge in [-0.3, -0.25) is 4.79 Å². The number of carbonyl (C=O) groups is 1. The van der Waals surface area contributed by atoms with E-state index in [1.54, 1.807) is 6.08 Å². The van der Waals surface area contributed by atoms with Gasteiger partial charge in [0.05, 0.1) is 0 Å². The van der Waals surface area contributed by atoms with Crippen LogP contribution in [0, 0.1) is 0 Å². The van der Waals surface area contributed by atoms with Crippen LogP contribution in [0.4, 0.5) is 0 Å². The molecular weight excluding hydrogens is 228 g/mol. The first-order chi connectivity index (χ1) is 8.79. The maximum atomic E-state index is 11.6. The second kappa shape index (κ2) is 9.29. The van der Waals surface area contributed by atoms with E-state index in [9.17, 15) is 4.79 Å². The lowest BCUT2D eigenvalue weighted by molar-refractivity contribution is -0.131. The molecule has 0 aromatic carbocycles. The Kier molecular flexibility index (Phi) is 7.94. The van der Waals surface area contributed by atoms with Gasteiger partial charge in [0.15, 0.2) is 5.78 Å². The Labute approximate surface area is 111 Å². The highest BCUT2D eigenvalue weighted by atomic mass is 16.5. The lowest BCUT2D eigenvalue weighted by atomic mass is 10.2. The van der Waals surface area contributed by atoms with Crippen molar-refractivity contribution in [2.24, 2.45) is 0 Å². The maximum Gasteiger partial charge on any atom is 0.187 e. The molecule has 18 heavy (non-hydrogen) atoms. The van der Waals surface area contributed by atoms with Gasteiger partial charge in [-0.2, -0.15) is 0 Å². The Morgan fingerprint density at radius 1 is 1.00 bits per heavy atom. The number of ether oxygens (including phenoxy) is 2. The molecule has 0 amide bonds. The first kappa shape index (κ1) is 15.4. The van der Waals surface area contributed by atoms with Crippen molar-refractivity contribution in [1.29, 1.82) is 0 Å². The molecule has 0 aromatic heterocycles. The second-order valence-corrected chi connectivity index (χ2v) is 4.80. The summed E-state index contributed by atoms with van der Waals surface area (Å²) >= 11 is 0. The topological polar surface area (TPSA) is 35.5 Å². The van der Waals surface area contributed by atoms with Crippen LogP contribution < -0.4 is 0 Å². The number of rotatable bonds is 10. The summed E-state index contributed by atoms with van der Waals surface area (Å²) in [6.45, 7) is 5.69. The second-order valence-electron chi connectivity index (χ2n) is 4.80. The molecule has 0 bridgehead atoms. The quantitative estimate of drug-likeness (QED) is 0.561. The van der Waals surface area contributed by atoms with Gasteiger partial charge < -0.3 is 9.47 Å². The van der Waals surface area contributed by atoms with E-state index in [1.165, 1.54) is 12.8 Å². The Hall–Kier alpha value is -0.670. The predicted octanol–water partition coefficient (Wildman–Crippen LogP) is 3.28. The molecule has 1 aliphatic carbocycles. The number of carbonyl (C=O) groups excluding carboxylic acids is 1. The van der Waals surface area contributed by atoms with Crippen molar-refractivity contribution in [3.8, 4) is 0 Å². The van der Waals surface area contributed by atoms with Crippen LogP contribution in [-0.2, 0) is 14.3 Å². The molecule has 104 valence electrons. The van der Waals surface area contributed by atoms with Crippen molar-refractivity contribution in [2.45, 2.75) is 64.6 Å². The van der Waals surface area contributed by atoms with Crippen molar-refractivity contribution in [2.75, 3.05) is 13.2 Å². The van der Waals surface area contributed by atoms with Crippen molar-refractivity contribution in [3.63, 3.8) is 0 Å². The van der Waals surface area contributed by atoms with E-state index in [0.717, 1.165) is 25.7 Å². The molecule has 0 fully saturated rings. The fraction of sp³-hybridized carbons (Fsp3) is 0.800. The summed E-state index contributed by atoms with van der Waals surface area (Å²) in [5.74, 6) is 0.0481. The van der Waals surface area contributed by atoms with E-state index in [1.807, 2.05) is 6.08 Å². The third-order valence-corrected chi connectivity index (χ3v) is 3.13. The minimum atomic E-state index is -0.400. The molecule has 0 radical (unpaired) electrons. The minimum absolute atomic E-state index is 0.0481. The van der Waals surface area contributed by atoms with Gasteiger partial charge >= 0.3 is 0 Å². The lowest BCUT2D eigenvalue weighted by Gasteiger charge is -2.19. The Morgan fingerprint density at radius 3 is 2.22 bits per heavy atom. The highest BCUT2D eigenvalue weighted by Gasteiger charge is 2.31. The molecule has 0 N–H and O–H groups in total. The third kappa shape index (κ3) is 5.32. The normalized spacial score (nSPS) is 22.9. The molecule has 3 heteroatoms. The van der Waals surface area contributed by atoms with Crippen LogP contribution in [0.1, 0.15) is 52.4 Å². The summed E-state index contributed by atoms with van der Waals surface area (Å²) in [4.78, 5) is 11.6. The van der Waals surface area contributed by atoms with Crippen molar-refractivity contribution in [3.05, 3.63) is 12.2 Å². The average molecular weight is 254 g/mol. The summed E-state index contributed by atoms with van der Waals surface area (Å²) in [6.07, 6.45) is 9.59. The van der Waals surface area contributed by atoms with Crippen LogP contribution in [0.2, 0.25) is 0 Å². The Morgan fingerprint density at radius 2 is 1.61 bits per heavy atom. The maximum absolute atomic E-state index is 11.6. The molecule has 0 aliphatic heterocycles. The highest BCUT2D eigenvalue weighted by molar-refractivity contribution is 5.97. The molecule has 2 unspecified atom stereocenters. The number of hydrogen-bond donors (Lipinski definition) is 0. The molecule has 0 aromatic rings. The Bertz CT molecular complexity index is 260. The van der Waals surface area contributed by atoms with Gasteiger partial charge in [-0.05, 0) is 25.0 Å². The summed E-state index contributed by atoms with van der Waals surface area (Å²) in [6, 6.07) is 0. The molecule has 1 aliphatic rings. The Balaban J connectivity index is 2.22. The summed E-state index contributed by atoms with van der Waals surface area (Å²) in [5.41, 5.74) is 0. The highest BCUT2D eigenvalue weighted by Crippen LogP contribution is 2.16. The van der Waals surface area contributed by atoms with Gasteiger partial charge in [0, 0.05) is 13.2 Å². The van der Waals surface area contributed by atoms with Crippen LogP contribution in [0.3, 0.4) is 0 Å². The lowest BCUT2D eigenvalue weighted by Crippen LogP contribution is -2.32. The van der Waals surface area contributed by atoms with Crippen LogP contribution >= 0.6 is 0 Å².